The molecule has 0 atom stereocenters. The van der Waals surface area contributed by atoms with Gasteiger partial charge >= 0.3 is 0 Å². The Morgan fingerprint density at radius 3 is 1.47 bits per heavy atom. The number of hydrogen-bond donors (Lipinski definition) is 0. The van der Waals surface area contributed by atoms with Crippen molar-refractivity contribution in [3.05, 3.63) is 23.3 Å². The third-order valence-electron chi connectivity index (χ3n) is 0.653. The molecule has 89 valence electrons. The van der Waals surface area contributed by atoms with Crippen LogP contribution < -0.4 is 0 Å². The van der Waals surface area contributed by atoms with Crippen molar-refractivity contribution >= 4 is 27.4 Å². The molecule has 0 aromatic carbocycles. The zero-order valence-electron chi connectivity index (χ0n) is 10.6. The molecule has 1 aliphatic carbocycles. The average Bonchev–Trinajstić information content (AvgIpc) is 2.36. The molecule has 0 bridgehead atoms. The molecule has 1 radical (unpaired) electrons. The van der Waals surface area contributed by atoms with E-state index in [1.807, 2.05) is 12.2 Å². The molecule has 0 fully saturated rings. The first-order chi connectivity index (χ1) is 6.36. The van der Waals surface area contributed by atoms with Crippen molar-refractivity contribution < 1.29 is 18.6 Å². The van der Waals surface area contributed by atoms with Gasteiger partial charge in [0.15, 0.2) is 0 Å². The van der Waals surface area contributed by atoms with Crippen molar-refractivity contribution in [1.82, 2.24) is 0 Å². The van der Waals surface area contributed by atoms with Gasteiger partial charge in [-0.1, -0.05) is 0 Å². The Balaban J connectivity index is -0.000000145. The van der Waals surface area contributed by atoms with Crippen LogP contribution in [0.25, 0.3) is 0 Å². The molecule has 1 rings (SSSR count). The van der Waals surface area contributed by atoms with Gasteiger partial charge in [-0.2, -0.15) is 12.2 Å². The molecule has 0 aliphatic heterocycles. The van der Waals surface area contributed by atoms with Crippen molar-refractivity contribution in [2.45, 2.75) is 6.42 Å². The van der Waals surface area contributed by atoms with Crippen molar-refractivity contribution in [1.29, 1.82) is 0 Å². The maximum atomic E-state index is 5.43. The van der Waals surface area contributed by atoms with E-state index in [1.54, 1.807) is 0 Å². The summed E-state index contributed by atoms with van der Waals surface area (Å²) >= 11 is 5.43. The second kappa shape index (κ2) is 15.2. The standard InChI is InChI=1S/C5H4Cl.2C3H9P.V/c6-5-3-1-2-4-5;2*1-4(2)3;/h1,3H,2H2;2*1-3H3;/q-1;;;. The zero-order chi connectivity index (χ0) is 11.6. The largest absolute Gasteiger partial charge is 0.254 e. The van der Waals surface area contributed by atoms with E-state index in [0.717, 1.165) is 11.5 Å². The second-order valence-electron chi connectivity index (χ2n) is 3.81. The van der Waals surface area contributed by atoms with E-state index in [0.29, 0.717) is 15.8 Å². The van der Waals surface area contributed by atoms with Gasteiger partial charge in [-0.05, 0) is 40.0 Å². The average molecular weight is 303 g/mol. The maximum absolute atomic E-state index is 5.43. The van der Waals surface area contributed by atoms with Crippen LogP contribution in [0.5, 0.6) is 0 Å². The minimum atomic E-state index is 0. The smallest absolute Gasteiger partial charge is 0 e. The number of halogens is 1. The Bertz CT molecular complexity index is 163. The van der Waals surface area contributed by atoms with E-state index in [1.165, 1.54) is 0 Å². The molecular weight excluding hydrogens is 280 g/mol. The van der Waals surface area contributed by atoms with Gasteiger partial charge in [0.1, 0.15) is 0 Å². The van der Waals surface area contributed by atoms with Crippen molar-refractivity contribution in [3.8, 4) is 0 Å². The predicted octanol–water partition coefficient (Wildman–Crippen LogP) is 4.59. The molecular formula is C11H22ClP2V-. The van der Waals surface area contributed by atoms with Crippen molar-refractivity contribution in [2.24, 2.45) is 0 Å². The Morgan fingerprint density at radius 1 is 1.07 bits per heavy atom. The zero-order valence-corrected chi connectivity index (χ0v) is 14.5. The molecule has 0 aromatic heterocycles. The van der Waals surface area contributed by atoms with Crippen LogP contribution in [0.3, 0.4) is 0 Å². The van der Waals surface area contributed by atoms with E-state index in [-0.39, 0.29) is 18.6 Å². The van der Waals surface area contributed by atoms with Gasteiger partial charge < -0.3 is 0 Å². The second-order valence-corrected chi connectivity index (χ2v) is 9.59. The van der Waals surface area contributed by atoms with E-state index in [9.17, 15) is 0 Å². The van der Waals surface area contributed by atoms with Gasteiger partial charge in [0.05, 0.1) is 0 Å². The normalized spacial score (nSPS) is 12.2. The first-order valence-corrected chi connectivity index (χ1v) is 10.3. The van der Waals surface area contributed by atoms with Gasteiger partial charge in [-0.3, -0.25) is 6.08 Å². The van der Waals surface area contributed by atoms with Gasteiger partial charge in [-0.15, -0.1) is 38.9 Å². The van der Waals surface area contributed by atoms with Crippen molar-refractivity contribution in [2.75, 3.05) is 40.0 Å². The molecule has 0 heterocycles. The van der Waals surface area contributed by atoms with E-state index in [2.05, 4.69) is 46.1 Å². The van der Waals surface area contributed by atoms with Crippen LogP contribution in [-0.2, 0) is 18.6 Å². The van der Waals surface area contributed by atoms with Crippen LogP contribution in [0.1, 0.15) is 6.42 Å². The summed E-state index contributed by atoms with van der Waals surface area (Å²) in [4.78, 5) is 0. The fourth-order valence-corrected chi connectivity index (χ4v) is 0.544. The quantitative estimate of drug-likeness (QED) is 0.454. The first kappa shape index (κ1) is 21.5. The van der Waals surface area contributed by atoms with Crippen LogP contribution in [0.15, 0.2) is 17.2 Å². The number of rotatable bonds is 0. The number of hydrogen-bond acceptors (Lipinski definition) is 0. The van der Waals surface area contributed by atoms with E-state index < -0.39 is 0 Å². The molecule has 1 aliphatic rings. The molecule has 0 amide bonds. The summed E-state index contributed by atoms with van der Waals surface area (Å²) in [5.41, 5.74) is 0. The van der Waals surface area contributed by atoms with Crippen LogP contribution in [0.2, 0.25) is 0 Å². The third kappa shape index (κ3) is 39.4. The van der Waals surface area contributed by atoms with Crippen LogP contribution in [0, 0.1) is 6.08 Å². The summed E-state index contributed by atoms with van der Waals surface area (Å²) in [5, 5.41) is 0.745. The summed E-state index contributed by atoms with van der Waals surface area (Å²) < 4.78 is 0. The summed E-state index contributed by atoms with van der Waals surface area (Å²) in [6.45, 7) is 13.4. The van der Waals surface area contributed by atoms with Gasteiger partial charge in [0.2, 0.25) is 0 Å². The Labute approximate surface area is 115 Å². The fraction of sp³-hybridized carbons (Fsp3) is 0.636. The topological polar surface area (TPSA) is 0 Å². The molecule has 0 unspecified atom stereocenters. The van der Waals surface area contributed by atoms with Crippen LogP contribution in [0.4, 0.5) is 0 Å². The molecule has 15 heavy (non-hydrogen) atoms. The Hall–Kier alpha value is 1.21. The number of allylic oxidation sites excluding steroid dienone is 4. The fourth-order valence-electron chi connectivity index (χ4n) is 0.378. The van der Waals surface area contributed by atoms with Gasteiger partial charge in [0.25, 0.3) is 0 Å². The summed E-state index contributed by atoms with van der Waals surface area (Å²) in [5.74, 6) is 0. The predicted molar refractivity (Wildman–Crippen MR) is 75.8 cm³/mol. The molecule has 4 heteroatoms. The van der Waals surface area contributed by atoms with Crippen LogP contribution in [-0.4, -0.2) is 40.0 Å². The minimum absolute atomic E-state index is 0. The summed E-state index contributed by atoms with van der Waals surface area (Å²) in [6, 6.07) is 0. The Kier molecular flexibility index (Phi) is 21.8. The summed E-state index contributed by atoms with van der Waals surface area (Å²) in [6.07, 6.45) is 7.60. The molecule has 0 aromatic rings. The summed E-state index contributed by atoms with van der Waals surface area (Å²) in [7, 11) is 0.759. The maximum Gasteiger partial charge on any atom is 0 e. The minimum Gasteiger partial charge on any atom is -0.254 e. The SMILES string of the molecule is CP(C)C.CP(C)C.ClC1=[C-]CC=C1.[V]. The van der Waals surface area contributed by atoms with Crippen molar-refractivity contribution in [3.63, 3.8) is 0 Å². The molecule has 0 nitrogen and oxygen atoms in total. The molecule has 0 spiro atoms. The van der Waals surface area contributed by atoms with E-state index >= 15 is 0 Å². The Morgan fingerprint density at radius 2 is 1.40 bits per heavy atom. The monoisotopic (exact) mass is 302 g/mol. The van der Waals surface area contributed by atoms with Gasteiger partial charge in [0, 0.05) is 18.6 Å². The molecule has 0 N–H and O–H groups in total. The van der Waals surface area contributed by atoms with Crippen LogP contribution >= 0.6 is 27.4 Å². The van der Waals surface area contributed by atoms with E-state index in [4.69, 9.17) is 11.6 Å². The van der Waals surface area contributed by atoms with Gasteiger partial charge in [-0.25, -0.2) is 0 Å². The molecule has 0 saturated heterocycles. The first-order valence-electron chi connectivity index (χ1n) is 4.51. The third-order valence-corrected chi connectivity index (χ3v) is 0.913. The molecule has 0 saturated carbocycles.